The van der Waals surface area contributed by atoms with Crippen LogP contribution in [0.25, 0.3) is 0 Å². The van der Waals surface area contributed by atoms with Gasteiger partial charge in [0.05, 0.1) is 13.7 Å². The van der Waals surface area contributed by atoms with Gasteiger partial charge < -0.3 is 19.7 Å². The van der Waals surface area contributed by atoms with E-state index >= 15 is 0 Å². The van der Waals surface area contributed by atoms with Gasteiger partial charge in [0.2, 0.25) is 0 Å². The Labute approximate surface area is 161 Å². The van der Waals surface area contributed by atoms with E-state index in [4.69, 9.17) is 9.47 Å². The first-order valence-corrected chi connectivity index (χ1v) is 9.52. The summed E-state index contributed by atoms with van der Waals surface area (Å²) in [7, 11) is 1.67. The summed E-state index contributed by atoms with van der Waals surface area (Å²) in [6.45, 7) is 5.29. The fourth-order valence-corrected chi connectivity index (χ4v) is 3.46. The van der Waals surface area contributed by atoms with Crippen molar-refractivity contribution in [1.29, 1.82) is 0 Å². The number of hydrogen-bond donors (Lipinski definition) is 1. The number of rotatable bonds is 7. The Kier molecular flexibility index (Phi) is 6.71. The fourth-order valence-electron chi connectivity index (χ4n) is 3.46. The number of benzene rings is 2. The average Bonchev–Trinajstić information content (AvgIpc) is 3.21. The molecule has 1 aliphatic rings. The van der Waals surface area contributed by atoms with Gasteiger partial charge in [0, 0.05) is 32.2 Å². The van der Waals surface area contributed by atoms with Crippen LogP contribution in [-0.2, 0) is 17.9 Å². The maximum Gasteiger partial charge on any atom is 0.317 e. The Morgan fingerprint density at radius 1 is 1.15 bits per heavy atom. The van der Waals surface area contributed by atoms with E-state index < -0.39 is 0 Å². The summed E-state index contributed by atoms with van der Waals surface area (Å²) >= 11 is 0. The second-order valence-corrected chi connectivity index (χ2v) is 6.77. The van der Waals surface area contributed by atoms with Gasteiger partial charge in [0.25, 0.3) is 0 Å². The van der Waals surface area contributed by atoms with E-state index in [1.165, 1.54) is 5.56 Å². The third-order valence-corrected chi connectivity index (χ3v) is 5.07. The third kappa shape index (κ3) is 5.01. The van der Waals surface area contributed by atoms with E-state index in [-0.39, 0.29) is 6.03 Å². The van der Waals surface area contributed by atoms with Gasteiger partial charge in [-0.2, -0.15) is 0 Å². The van der Waals surface area contributed by atoms with Gasteiger partial charge in [-0.15, -0.1) is 0 Å². The van der Waals surface area contributed by atoms with Crippen molar-refractivity contribution >= 4 is 6.03 Å². The first-order chi connectivity index (χ1) is 13.2. The minimum Gasteiger partial charge on any atom is -0.497 e. The lowest BCUT2D eigenvalue weighted by atomic mass is 9.98. The second kappa shape index (κ2) is 9.42. The molecular formula is C22H28N2O3. The smallest absolute Gasteiger partial charge is 0.317 e. The molecule has 0 aromatic heterocycles. The monoisotopic (exact) mass is 368 g/mol. The molecule has 0 radical (unpaired) electrons. The fraction of sp³-hybridized carbons (Fsp3) is 0.409. The molecule has 3 rings (SSSR count). The molecule has 144 valence electrons. The van der Waals surface area contributed by atoms with Crippen molar-refractivity contribution in [2.45, 2.75) is 32.4 Å². The van der Waals surface area contributed by atoms with E-state index in [0.29, 0.717) is 25.7 Å². The first kappa shape index (κ1) is 19.2. The quantitative estimate of drug-likeness (QED) is 0.806. The van der Waals surface area contributed by atoms with Crippen LogP contribution >= 0.6 is 0 Å². The average molecular weight is 368 g/mol. The van der Waals surface area contributed by atoms with Crippen LogP contribution in [0.15, 0.2) is 48.5 Å². The lowest BCUT2D eigenvalue weighted by molar-refractivity contribution is 0.133. The normalized spacial score (nSPS) is 16.4. The number of urea groups is 1. The van der Waals surface area contributed by atoms with Gasteiger partial charge in [-0.05, 0) is 42.2 Å². The highest BCUT2D eigenvalue weighted by atomic mass is 16.5. The van der Waals surface area contributed by atoms with Crippen molar-refractivity contribution in [1.82, 2.24) is 10.2 Å². The largest absolute Gasteiger partial charge is 0.497 e. The van der Waals surface area contributed by atoms with Crippen molar-refractivity contribution in [2.75, 3.05) is 26.8 Å². The topological polar surface area (TPSA) is 50.8 Å². The molecule has 0 aliphatic carbocycles. The van der Waals surface area contributed by atoms with Crippen LogP contribution in [0.4, 0.5) is 4.79 Å². The second-order valence-electron chi connectivity index (χ2n) is 6.77. The maximum atomic E-state index is 12.6. The number of nitrogens with zero attached hydrogens (tertiary/aromatic N) is 1. The summed E-state index contributed by atoms with van der Waals surface area (Å²) in [5.74, 6) is 1.24. The van der Waals surface area contributed by atoms with E-state index in [9.17, 15) is 4.79 Å². The summed E-state index contributed by atoms with van der Waals surface area (Å²) < 4.78 is 10.7. The third-order valence-electron chi connectivity index (χ3n) is 5.07. The molecule has 1 unspecified atom stereocenters. The highest BCUT2D eigenvalue weighted by Gasteiger charge is 2.27. The molecule has 1 N–H and O–H groups in total. The van der Waals surface area contributed by atoms with E-state index in [2.05, 4.69) is 17.4 Å². The molecule has 27 heavy (non-hydrogen) atoms. The summed E-state index contributed by atoms with van der Waals surface area (Å²) in [6.07, 6.45) is 0.987. The van der Waals surface area contributed by atoms with Gasteiger partial charge in [-0.25, -0.2) is 4.79 Å². The lowest BCUT2D eigenvalue weighted by Gasteiger charge is -2.18. The van der Waals surface area contributed by atoms with Crippen molar-refractivity contribution < 1.29 is 14.3 Å². The molecule has 2 amide bonds. The molecule has 1 heterocycles. The summed E-state index contributed by atoms with van der Waals surface area (Å²) in [6, 6.07) is 16.2. The highest BCUT2D eigenvalue weighted by Crippen LogP contribution is 2.28. The minimum atomic E-state index is -0.00257. The van der Waals surface area contributed by atoms with E-state index in [1.807, 2.05) is 48.2 Å². The van der Waals surface area contributed by atoms with Gasteiger partial charge >= 0.3 is 6.03 Å². The van der Waals surface area contributed by atoms with E-state index in [1.54, 1.807) is 7.11 Å². The van der Waals surface area contributed by atoms with Crippen LogP contribution in [0.1, 0.15) is 36.0 Å². The number of nitrogens with one attached hydrogen (secondary N) is 1. The van der Waals surface area contributed by atoms with Gasteiger partial charge in [-0.1, -0.05) is 36.4 Å². The number of likely N-dealkylation sites (tertiary alicyclic amines) is 1. The van der Waals surface area contributed by atoms with Crippen molar-refractivity contribution in [3.8, 4) is 5.75 Å². The van der Waals surface area contributed by atoms with Crippen molar-refractivity contribution in [2.24, 2.45) is 0 Å². The molecule has 0 spiro atoms. The van der Waals surface area contributed by atoms with Crippen LogP contribution in [-0.4, -0.2) is 37.7 Å². The molecule has 0 saturated carbocycles. The zero-order valence-corrected chi connectivity index (χ0v) is 16.1. The van der Waals surface area contributed by atoms with Gasteiger partial charge in [-0.3, -0.25) is 0 Å². The molecule has 5 heteroatoms. The number of carbonyl (C=O) groups is 1. The van der Waals surface area contributed by atoms with Gasteiger partial charge in [0.1, 0.15) is 5.75 Å². The molecule has 5 nitrogen and oxygen atoms in total. The first-order valence-electron chi connectivity index (χ1n) is 9.52. The predicted molar refractivity (Wildman–Crippen MR) is 106 cm³/mol. The number of hydrogen-bond acceptors (Lipinski definition) is 3. The highest BCUT2D eigenvalue weighted by molar-refractivity contribution is 5.74. The molecule has 1 aliphatic heterocycles. The SMILES string of the molecule is CCOCc1ccccc1CNC(=O)N1CCC(c2ccc(OC)cc2)C1. The Morgan fingerprint density at radius 2 is 1.89 bits per heavy atom. The summed E-state index contributed by atoms with van der Waals surface area (Å²) in [5.41, 5.74) is 3.48. The molecule has 1 fully saturated rings. The molecule has 1 atom stereocenters. The van der Waals surface area contributed by atoms with E-state index in [0.717, 1.165) is 36.4 Å². The Balaban J connectivity index is 1.53. The number of carbonyl (C=O) groups excluding carboxylic acids is 1. The predicted octanol–water partition coefficient (Wildman–Crippen LogP) is 3.93. The summed E-state index contributed by atoms with van der Waals surface area (Å²) in [5, 5.41) is 3.06. The minimum absolute atomic E-state index is 0.00257. The standard InChI is InChI=1S/C22H28N2O3/c1-3-27-16-20-7-5-4-6-18(20)14-23-22(25)24-13-12-19(15-24)17-8-10-21(26-2)11-9-17/h4-11,19H,3,12-16H2,1-2H3,(H,23,25). The molecule has 2 aromatic carbocycles. The van der Waals surface area contributed by atoms with Crippen LogP contribution in [0.2, 0.25) is 0 Å². The van der Waals surface area contributed by atoms with Crippen LogP contribution in [0.5, 0.6) is 5.75 Å². The van der Waals surface area contributed by atoms with Crippen LogP contribution in [0, 0.1) is 0 Å². The lowest BCUT2D eigenvalue weighted by Crippen LogP contribution is -2.38. The summed E-state index contributed by atoms with van der Waals surface area (Å²) in [4.78, 5) is 14.5. The van der Waals surface area contributed by atoms with Crippen LogP contribution < -0.4 is 10.1 Å². The molecule has 1 saturated heterocycles. The van der Waals surface area contributed by atoms with Crippen LogP contribution in [0.3, 0.4) is 0 Å². The van der Waals surface area contributed by atoms with Crippen molar-refractivity contribution in [3.05, 3.63) is 65.2 Å². The zero-order chi connectivity index (χ0) is 19.1. The number of amides is 2. The number of methoxy groups -OCH3 is 1. The number of ether oxygens (including phenoxy) is 2. The molecular weight excluding hydrogens is 340 g/mol. The van der Waals surface area contributed by atoms with Crippen molar-refractivity contribution in [3.63, 3.8) is 0 Å². The Hall–Kier alpha value is -2.53. The van der Waals surface area contributed by atoms with Gasteiger partial charge in [0.15, 0.2) is 0 Å². The molecule has 0 bridgehead atoms. The Bertz CT molecular complexity index is 745. The zero-order valence-electron chi connectivity index (χ0n) is 16.1. The Morgan fingerprint density at radius 3 is 2.59 bits per heavy atom. The maximum absolute atomic E-state index is 12.6. The molecule has 2 aromatic rings.